The van der Waals surface area contributed by atoms with E-state index in [1.165, 1.54) is 7.11 Å². The number of halogens is 1. The minimum Gasteiger partial charge on any atom is -0.504 e. The van der Waals surface area contributed by atoms with Crippen molar-refractivity contribution in [3.63, 3.8) is 0 Å². The third-order valence-corrected chi connectivity index (χ3v) is 2.47. The van der Waals surface area contributed by atoms with Crippen LogP contribution in [-0.2, 0) is 6.54 Å². The molecule has 3 N–H and O–H groups in total. The third-order valence-electron chi connectivity index (χ3n) is 2.25. The summed E-state index contributed by atoms with van der Waals surface area (Å²) in [6.07, 6.45) is 0. The smallest absolute Gasteiger partial charge is 0.162 e. The Kier molecular flexibility index (Phi) is 4.86. The van der Waals surface area contributed by atoms with Crippen molar-refractivity contribution >= 4 is 11.6 Å². The Hall–Kier alpha value is -0.970. The van der Waals surface area contributed by atoms with E-state index in [1.807, 2.05) is 6.92 Å². The lowest BCUT2D eigenvalue weighted by Crippen LogP contribution is -2.28. The summed E-state index contributed by atoms with van der Waals surface area (Å²) in [5.74, 6) is 0.422. The van der Waals surface area contributed by atoms with Gasteiger partial charge in [0.1, 0.15) is 0 Å². The first-order valence-electron chi connectivity index (χ1n) is 4.98. The molecule has 0 bridgehead atoms. The summed E-state index contributed by atoms with van der Waals surface area (Å²) in [6, 6.07) is 3.18. The molecule has 0 fully saturated rings. The van der Waals surface area contributed by atoms with E-state index >= 15 is 0 Å². The van der Waals surface area contributed by atoms with Gasteiger partial charge in [-0.25, -0.2) is 0 Å². The van der Waals surface area contributed by atoms with Crippen molar-refractivity contribution in [2.75, 3.05) is 13.7 Å². The number of rotatable bonds is 5. The summed E-state index contributed by atoms with van der Waals surface area (Å²) >= 11 is 5.88. The average molecular weight is 246 g/mol. The predicted octanol–water partition coefficient (Wildman–Crippen LogP) is 1.52. The number of hydrogen-bond acceptors (Lipinski definition) is 4. The molecule has 0 saturated heterocycles. The fourth-order valence-corrected chi connectivity index (χ4v) is 1.50. The summed E-state index contributed by atoms with van der Waals surface area (Å²) in [4.78, 5) is 0. The van der Waals surface area contributed by atoms with Crippen LogP contribution in [0, 0.1) is 0 Å². The SMILES string of the molecule is COc1cc(Cl)cc(CN[C@H](C)CO)c1O. The van der Waals surface area contributed by atoms with Crippen LogP contribution in [-0.4, -0.2) is 30.0 Å². The normalized spacial score (nSPS) is 12.5. The Morgan fingerprint density at radius 3 is 2.75 bits per heavy atom. The van der Waals surface area contributed by atoms with Crippen LogP contribution in [0.3, 0.4) is 0 Å². The van der Waals surface area contributed by atoms with E-state index in [4.69, 9.17) is 21.4 Å². The molecule has 1 aromatic rings. The van der Waals surface area contributed by atoms with Crippen LogP contribution in [0.5, 0.6) is 11.5 Å². The molecule has 0 spiro atoms. The lowest BCUT2D eigenvalue weighted by atomic mass is 10.1. The van der Waals surface area contributed by atoms with Gasteiger partial charge in [-0.05, 0) is 13.0 Å². The lowest BCUT2D eigenvalue weighted by Gasteiger charge is -2.13. The second-order valence-electron chi connectivity index (χ2n) is 3.58. The number of aliphatic hydroxyl groups excluding tert-OH is 1. The number of ether oxygens (including phenoxy) is 1. The summed E-state index contributed by atoms with van der Waals surface area (Å²) in [6.45, 7) is 2.31. The first-order chi connectivity index (χ1) is 7.58. The fourth-order valence-electron chi connectivity index (χ4n) is 1.27. The van der Waals surface area contributed by atoms with Gasteiger partial charge in [0.05, 0.1) is 13.7 Å². The van der Waals surface area contributed by atoms with Gasteiger partial charge in [-0.15, -0.1) is 0 Å². The second kappa shape index (κ2) is 5.94. The molecule has 0 aliphatic heterocycles. The van der Waals surface area contributed by atoms with Gasteiger partial charge in [-0.3, -0.25) is 0 Å². The average Bonchev–Trinajstić information content (AvgIpc) is 2.29. The van der Waals surface area contributed by atoms with E-state index in [0.29, 0.717) is 22.9 Å². The van der Waals surface area contributed by atoms with Gasteiger partial charge in [-0.2, -0.15) is 0 Å². The van der Waals surface area contributed by atoms with Crippen LogP contribution in [0.15, 0.2) is 12.1 Å². The summed E-state index contributed by atoms with van der Waals surface area (Å²) in [5.41, 5.74) is 0.643. The molecule has 1 rings (SSSR count). The molecular formula is C11H16ClNO3. The summed E-state index contributed by atoms with van der Waals surface area (Å²) in [7, 11) is 1.47. The van der Waals surface area contributed by atoms with Crippen molar-refractivity contribution in [2.45, 2.75) is 19.5 Å². The number of benzene rings is 1. The lowest BCUT2D eigenvalue weighted by molar-refractivity contribution is 0.250. The zero-order valence-electron chi connectivity index (χ0n) is 9.33. The van der Waals surface area contributed by atoms with E-state index in [9.17, 15) is 5.11 Å². The van der Waals surface area contributed by atoms with Crippen LogP contribution >= 0.6 is 11.6 Å². The minimum absolute atomic E-state index is 0.0376. The maximum absolute atomic E-state index is 9.81. The molecule has 0 heterocycles. The van der Waals surface area contributed by atoms with E-state index in [1.54, 1.807) is 12.1 Å². The molecule has 1 aromatic carbocycles. The molecule has 0 aliphatic carbocycles. The Morgan fingerprint density at radius 1 is 1.50 bits per heavy atom. The number of phenols is 1. The topological polar surface area (TPSA) is 61.7 Å². The highest BCUT2D eigenvalue weighted by Gasteiger charge is 2.10. The molecule has 4 nitrogen and oxygen atoms in total. The zero-order valence-corrected chi connectivity index (χ0v) is 10.1. The second-order valence-corrected chi connectivity index (χ2v) is 4.02. The molecule has 0 saturated carbocycles. The first kappa shape index (κ1) is 13.1. The first-order valence-corrected chi connectivity index (χ1v) is 5.36. The van der Waals surface area contributed by atoms with Crippen LogP contribution in [0.1, 0.15) is 12.5 Å². The zero-order chi connectivity index (χ0) is 12.1. The van der Waals surface area contributed by atoms with Gasteiger partial charge in [0.25, 0.3) is 0 Å². The largest absolute Gasteiger partial charge is 0.504 e. The fraction of sp³-hybridized carbons (Fsp3) is 0.455. The minimum atomic E-state index is -0.0376. The number of methoxy groups -OCH3 is 1. The number of aliphatic hydroxyl groups is 1. The van der Waals surface area contributed by atoms with E-state index in [0.717, 1.165) is 0 Å². The molecule has 16 heavy (non-hydrogen) atoms. The molecule has 90 valence electrons. The Balaban J connectivity index is 2.83. The molecule has 0 amide bonds. The highest BCUT2D eigenvalue weighted by molar-refractivity contribution is 6.30. The van der Waals surface area contributed by atoms with Crippen LogP contribution < -0.4 is 10.1 Å². The maximum atomic E-state index is 9.81. The molecule has 0 aliphatic rings. The predicted molar refractivity (Wildman–Crippen MR) is 63.1 cm³/mol. The Labute approximate surface area is 99.8 Å². The summed E-state index contributed by atoms with van der Waals surface area (Å²) < 4.78 is 4.99. The van der Waals surface area contributed by atoms with Crippen molar-refractivity contribution in [1.29, 1.82) is 0 Å². The number of nitrogens with one attached hydrogen (secondary N) is 1. The monoisotopic (exact) mass is 245 g/mol. The van der Waals surface area contributed by atoms with Gasteiger partial charge in [-0.1, -0.05) is 11.6 Å². The van der Waals surface area contributed by atoms with Gasteiger partial charge in [0, 0.05) is 29.2 Å². The van der Waals surface area contributed by atoms with Gasteiger partial charge in [0.15, 0.2) is 11.5 Å². The number of phenolic OH excluding ortho intramolecular Hbond substituents is 1. The van der Waals surface area contributed by atoms with Crippen LogP contribution in [0.25, 0.3) is 0 Å². The van der Waals surface area contributed by atoms with Gasteiger partial charge < -0.3 is 20.3 Å². The third kappa shape index (κ3) is 3.27. The highest BCUT2D eigenvalue weighted by Crippen LogP contribution is 2.33. The molecular weight excluding hydrogens is 230 g/mol. The highest BCUT2D eigenvalue weighted by atomic mass is 35.5. The van der Waals surface area contributed by atoms with Crippen LogP contribution in [0.4, 0.5) is 0 Å². The Morgan fingerprint density at radius 2 is 2.19 bits per heavy atom. The van der Waals surface area contributed by atoms with Gasteiger partial charge >= 0.3 is 0 Å². The quantitative estimate of drug-likeness (QED) is 0.736. The Bertz CT molecular complexity index is 357. The van der Waals surface area contributed by atoms with Gasteiger partial charge in [0.2, 0.25) is 0 Å². The molecule has 0 radical (unpaired) electrons. The van der Waals surface area contributed by atoms with Crippen molar-refractivity contribution in [3.8, 4) is 11.5 Å². The van der Waals surface area contributed by atoms with E-state index in [2.05, 4.69) is 5.32 Å². The van der Waals surface area contributed by atoms with Crippen molar-refractivity contribution in [3.05, 3.63) is 22.7 Å². The van der Waals surface area contributed by atoms with E-state index in [-0.39, 0.29) is 18.4 Å². The number of hydrogen-bond donors (Lipinski definition) is 3. The molecule has 1 atom stereocenters. The number of aromatic hydroxyl groups is 1. The maximum Gasteiger partial charge on any atom is 0.162 e. The molecule has 0 aromatic heterocycles. The van der Waals surface area contributed by atoms with Crippen molar-refractivity contribution in [2.24, 2.45) is 0 Å². The van der Waals surface area contributed by atoms with E-state index < -0.39 is 0 Å². The van der Waals surface area contributed by atoms with Crippen molar-refractivity contribution < 1.29 is 14.9 Å². The van der Waals surface area contributed by atoms with Crippen molar-refractivity contribution in [1.82, 2.24) is 5.32 Å². The standard InChI is InChI=1S/C11H16ClNO3/c1-7(6-14)13-5-8-3-9(12)4-10(16-2)11(8)15/h3-4,7,13-15H,5-6H2,1-2H3/t7-/m1/s1. The molecule has 5 heteroatoms. The van der Waals surface area contributed by atoms with Crippen LogP contribution in [0.2, 0.25) is 5.02 Å². The summed E-state index contributed by atoms with van der Waals surface area (Å²) in [5, 5.41) is 22.2. The molecule has 0 unspecified atom stereocenters.